The number of rotatable bonds is 6. The van der Waals surface area contributed by atoms with Gasteiger partial charge < -0.3 is 15.7 Å². The molecule has 28 heavy (non-hydrogen) atoms. The van der Waals surface area contributed by atoms with E-state index in [4.69, 9.17) is 11.6 Å². The average Bonchev–Trinajstić information content (AvgIpc) is 2.70. The number of amides is 2. The Balaban J connectivity index is 1.61. The quantitative estimate of drug-likeness (QED) is 0.694. The second-order valence-corrected chi connectivity index (χ2v) is 7.39. The zero-order chi connectivity index (χ0) is 19.9. The number of halogens is 1. The van der Waals surface area contributed by atoms with Gasteiger partial charge in [-0.05, 0) is 68.2 Å². The first-order valence-corrected chi connectivity index (χ1v) is 9.72. The third-order valence-electron chi connectivity index (χ3n) is 4.88. The number of nitrogens with zero attached hydrogens (tertiary/aromatic N) is 1. The molecule has 3 N–H and O–H groups in total. The highest BCUT2D eigenvalue weighted by Crippen LogP contribution is 2.20. The van der Waals surface area contributed by atoms with Crippen LogP contribution in [-0.4, -0.2) is 48.1 Å². The van der Waals surface area contributed by atoms with Gasteiger partial charge in [0, 0.05) is 17.3 Å². The van der Waals surface area contributed by atoms with Gasteiger partial charge in [-0.2, -0.15) is 0 Å². The van der Waals surface area contributed by atoms with Gasteiger partial charge in [-0.25, -0.2) is 0 Å². The molecule has 1 fully saturated rings. The van der Waals surface area contributed by atoms with Gasteiger partial charge in [0.05, 0.1) is 17.8 Å². The van der Waals surface area contributed by atoms with Crippen molar-refractivity contribution >= 4 is 34.8 Å². The van der Waals surface area contributed by atoms with Crippen LogP contribution in [0.15, 0.2) is 48.5 Å². The number of hydrogen-bond donors (Lipinski definition) is 3. The summed E-state index contributed by atoms with van der Waals surface area (Å²) < 4.78 is 0. The number of likely N-dealkylation sites (tertiary alicyclic amines) is 1. The normalized spacial score (nSPS) is 15.2. The first-order valence-electron chi connectivity index (χ1n) is 9.34. The molecule has 0 unspecified atom stereocenters. The summed E-state index contributed by atoms with van der Waals surface area (Å²) in [5, 5.41) is 15.5. The van der Waals surface area contributed by atoms with Gasteiger partial charge in [-0.3, -0.25) is 14.5 Å². The number of piperidine rings is 1. The molecule has 1 aliphatic heterocycles. The molecule has 0 saturated carbocycles. The lowest BCUT2D eigenvalue weighted by atomic mass is 9.98. The molecule has 3 rings (SSSR count). The van der Waals surface area contributed by atoms with Gasteiger partial charge in [0.1, 0.15) is 0 Å². The molecule has 2 aromatic carbocycles. The number of aliphatic hydroxyl groups is 1. The molecule has 2 aromatic rings. The Morgan fingerprint density at radius 3 is 2.39 bits per heavy atom. The van der Waals surface area contributed by atoms with Crippen molar-refractivity contribution < 1.29 is 14.7 Å². The van der Waals surface area contributed by atoms with Crippen LogP contribution in [0.4, 0.5) is 11.4 Å². The molecule has 7 heteroatoms. The second kappa shape index (κ2) is 9.68. The number of aliphatic hydroxyl groups excluding tert-OH is 1. The summed E-state index contributed by atoms with van der Waals surface area (Å²) in [5.41, 5.74) is 1.50. The summed E-state index contributed by atoms with van der Waals surface area (Å²) in [4.78, 5) is 27.2. The van der Waals surface area contributed by atoms with Crippen LogP contribution in [0.2, 0.25) is 5.02 Å². The third kappa shape index (κ3) is 5.55. The molecule has 2 amide bonds. The van der Waals surface area contributed by atoms with E-state index in [1.165, 1.54) is 0 Å². The largest absolute Gasteiger partial charge is 0.396 e. The lowest BCUT2D eigenvalue weighted by molar-refractivity contribution is -0.117. The van der Waals surface area contributed by atoms with Crippen molar-refractivity contribution in [2.45, 2.75) is 12.8 Å². The number of carbonyl (C=O) groups is 2. The van der Waals surface area contributed by atoms with E-state index in [0.29, 0.717) is 27.9 Å². The van der Waals surface area contributed by atoms with Crippen molar-refractivity contribution in [1.82, 2.24) is 4.90 Å². The number of hydrogen-bond acceptors (Lipinski definition) is 4. The first kappa shape index (κ1) is 20.3. The van der Waals surface area contributed by atoms with E-state index in [2.05, 4.69) is 15.5 Å². The molecule has 0 bridgehead atoms. The molecule has 1 heterocycles. The lowest BCUT2D eigenvalue weighted by Gasteiger charge is -2.30. The van der Waals surface area contributed by atoms with Gasteiger partial charge >= 0.3 is 0 Å². The molecular weight excluding hydrogens is 378 g/mol. The Morgan fingerprint density at radius 1 is 1.04 bits per heavy atom. The van der Waals surface area contributed by atoms with Crippen molar-refractivity contribution in [3.8, 4) is 0 Å². The standard InChI is InChI=1S/C21H24ClN3O3/c22-16-5-7-17(8-6-16)23-21(28)18-3-1-2-4-19(18)24-20(27)13-25-11-9-15(14-26)10-12-25/h1-8,15,26H,9-14H2,(H,23,28)(H,24,27). The minimum absolute atomic E-state index is 0.158. The SMILES string of the molecule is O=C(CN1CCC(CO)CC1)Nc1ccccc1C(=O)Nc1ccc(Cl)cc1. The minimum atomic E-state index is -0.304. The topological polar surface area (TPSA) is 81.7 Å². The van der Waals surface area contributed by atoms with Crippen molar-refractivity contribution in [2.75, 3.05) is 36.9 Å². The zero-order valence-electron chi connectivity index (χ0n) is 15.5. The molecule has 0 aliphatic carbocycles. The van der Waals surface area contributed by atoms with E-state index in [9.17, 15) is 14.7 Å². The second-order valence-electron chi connectivity index (χ2n) is 6.96. The highest BCUT2D eigenvalue weighted by molar-refractivity contribution is 6.30. The first-order chi connectivity index (χ1) is 13.5. The molecule has 6 nitrogen and oxygen atoms in total. The van der Waals surface area contributed by atoms with Gasteiger partial charge in [-0.1, -0.05) is 23.7 Å². The summed E-state index contributed by atoms with van der Waals surface area (Å²) in [6, 6.07) is 13.8. The van der Waals surface area contributed by atoms with Gasteiger partial charge in [0.15, 0.2) is 0 Å². The maximum Gasteiger partial charge on any atom is 0.257 e. The molecule has 0 aromatic heterocycles. The van der Waals surface area contributed by atoms with Crippen LogP contribution in [0.25, 0.3) is 0 Å². The number of benzene rings is 2. The predicted octanol–water partition coefficient (Wildman–Crippen LogP) is 3.24. The van der Waals surface area contributed by atoms with Gasteiger partial charge in [-0.15, -0.1) is 0 Å². The van der Waals surface area contributed by atoms with Crippen molar-refractivity contribution in [1.29, 1.82) is 0 Å². The maximum atomic E-state index is 12.6. The van der Waals surface area contributed by atoms with Crippen LogP contribution in [0, 0.1) is 5.92 Å². The van der Waals surface area contributed by atoms with Gasteiger partial charge in [0.2, 0.25) is 5.91 Å². The summed E-state index contributed by atoms with van der Waals surface area (Å²) >= 11 is 5.87. The van der Waals surface area contributed by atoms with E-state index in [1.807, 2.05) is 0 Å². The Morgan fingerprint density at radius 2 is 1.71 bits per heavy atom. The molecule has 1 aliphatic rings. The highest BCUT2D eigenvalue weighted by atomic mass is 35.5. The molecule has 0 radical (unpaired) electrons. The average molecular weight is 402 g/mol. The van der Waals surface area contributed by atoms with Gasteiger partial charge in [0.25, 0.3) is 5.91 Å². The van der Waals surface area contributed by atoms with Crippen LogP contribution >= 0.6 is 11.6 Å². The van der Waals surface area contributed by atoms with E-state index in [0.717, 1.165) is 25.9 Å². The zero-order valence-corrected chi connectivity index (χ0v) is 16.3. The third-order valence-corrected chi connectivity index (χ3v) is 5.13. The smallest absolute Gasteiger partial charge is 0.257 e. The molecule has 148 valence electrons. The molecule has 0 atom stereocenters. The molecular formula is C21H24ClN3O3. The number of carbonyl (C=O) groups excluding carboxylic acids is 2. The van der Waals surface area contributed by atoms with Crippen LogP contribution < -0.4 is 10.6 Å². The summed E-state index contributed by atoms with van der Waals surface area (Å²) in [6.07, 6.45) is 1.79. The van der Waals surface area contributed by atoms with Crippen molar-refractivity contribution in [3.05, 3.63) is 59.1 Å². The summed E-state index contributed by atoms with van der Waals surface area (Å²) in [6.45, 7) is 2.05. The summed E-state index contributed by atoms with van der Waals surface area (Å²) in [7, 11) is 0. The van der Waals surface area contributed by atoms with Crippen molar-refractivity contribution in [2.24, 2.45) is 5.92 Å². The van der Waals surface area contributed by atoms with Crippen LogP contribution in [0.1, 0.15) is 23.2 Å². The number of anilines is 2. The number of nitrogens with one attached hydrogen (secondary N) is 2. The minimum Gasteiger partial charge on any atom is -0.396 e. The number of para-hydroxylation sites is 1. The predicted molar refractivity (Wildman–Crippen MR) is 111 cm³/mol. The van der Waals surface area contributed by atoms with Crippen LogP contribution in [0.3, 0.4) is 0 Å². The Kier molecular flexibility index (Phi) is 7.03. The van der Waals surface area contributed by atoms with E-state index in [-0.39, 0.29) is 25.0 Å². The lowest BCUT2D eigenvalue weighted by Crippen LogP contribution is -2.40. The van der Waals surface area contributed by atoms with E-state index < -0.39 is 0 Å². The molecule has 0 spiro atoms. The van der Waals surface area contributed by atoms with Crippen LogP contribution in [-0.2, 0) is 4.79 Å². The molecule has 1 saturated heterocycles. The Bertz CT molecular complexity index is 818. The fraction of sp³-hybridized carbons (Fsp3) is 0.333. The monoisotopic (exact) mass is 401 g/mol. The Labute approximate surface area is 169 Å². The fourth-order valence-corrected chi connectivity index (χ4v) is 3.37. The van der Waals surface area contributed by atoms with E-state index in [1.54, 1.807) is 48.5 Å². The fourth-order valence-electron chi connectivity index (χ4n) is 3.24. The van der Waals surface area contributed by atoms with Crippen molar-refractivity contribution in [3.63, 3.8) is 0 Å². The van der Waals surface area contributed by atoms with E-state index >= 15 is 0 Å². The highest BCUT2D eigenvalue weighted by Gasteiger charge is 2.21. The summed E-state index contributed by atoms with van der Waals surface area (Å²) in [5.74, 6) is -0.132. The maximum absolute atomic E-state index is 12.6. The van der Waals surface area contributed by atoms with Crippen LogP contribution in [0.5, 0.6) is 0 Å². The Hall–Kier alpha value is -2.41.